The molecule has 0 aliphatic heterocycles. The van der Waals surface area contributed by atoms with Gasteiger partial charge in [-0.25, -0.2) is 0 Å². The van der Waals surface area contributed by atoms with Crippen LogP contribution in [0.3, 0.4) is 0 Å². The molecule has 2 unspecified atom stereocenters. The van der Waals surface area contributed by atoms with Crippen molar-refractivity contribution < 1.29 is 9.84 Å². The smallest absolute Gasteiger partial charge is 0.120 e. The highest BCUT2D eigenvalue weighted by Gasteiger charge is 2.31. The van der Waals surface area contributed by atoms with Gasteiger partial charge in [-0.1, -0.05) is 44.4 Å². The van der Waals surface area contributed by atoms with Gasteiger partial charge in [0.1, 0.15) is 18.5 Å². The molecule has 1 aliphatic rings. The molecule has 0 saturated heterocycles. The van der Waals surface area contributed by atoms with Crippen LogP contribution in [0.25, 0.3) is 0 Å². The standard InChI is InChI=1S/C17H26ClNO2/c1-17(2)9-4-3-8-16(17)19-11-14(20)12-21-15-7-5-6-13(18)10-15/h5-7,10,14,16,19-20H,3-4,8-9,11-12H2,1-2H3. The normalized spacial score (nSPS) is 22.8. The van der Waals surface area contributed by atoms with E-state index in [1.807, 2.05) is 12.1 Å². The van der Waals surface area contributed by atoms with Crippen molar-refractivity contribution in [1.82, 2.24) is 5.32 Å². The van der Waals surface area contributed by atoms with Crippen LogP contribution >= 0.6 is 11.6 Å². The van der Waals surface area contributed by atoms with E-state index in [1.165, 1.54) is 25.7 Å². The molecule has 1 saturated carbocycles. The van der Waals surface area contributed by atoms with Gasteiger partial charge in [0.15, 0.2) is 0 Å². The molecule has 4 heteroatoms. The van der Waals surface area contributed by atoms with Crippen molar-refractivity contribution in [3.8, 4) is 5.75 Å². The second-order valence-electron chi connectivity index (χ2n) is 6.62. The Kier molecular flexibility index (Phi) is 5.91. The Hall–Kier alpha value is -0.770. The van der Waals surface area contributed by atoms with Crippen LogP contribution in [0, 0.1) is 5.41 Å². The van der Waals surface area contributed by atoms with Gasteiger partial charge < -0.3 is 15.2 Å². The molecular weight excluding hydrogens is 286 g/mol. The van der Waals surface area contributed by atoms with Crippen LogP contribution in [-0.4, -0.2) is 30.4 Å². The lowest BCUT2D eigenvalue weighted by molar-refractivity contribution is 0.0879. The Labute approximate surface area is 132 Å². The third-order valence-electron chi connectivity index (χ3n) is 4.35. The van der Waals surface area contributed by atoms with E-state index in [0.717, 1.165) is 0 Å². The fraction of sp³-hybridized carbons (Fsp3) is 0.647. The predicted octanol–water partition coefficient (Wildman–Crippen LogP) is 3.64. The van der Waals surface area contributed by atoms with Gasteiger partial charge in [-0.2, -0.15) is 0 Å². The second-order valence-corrected chi connectivity index (χ2v) is 7.05. The lowest BCUT2D eigenvalue weighted by Crippen LogP contribution is -2.47. The number of benzene rings is 1. The van der Waals surface area contributed by atoms with Crippen LogP contribution in [0.15, 0.2) is 24.3 Å². The van der Waals surface area contributed by atoms with Crippen LogP contribution in [0.5, 0.6) is 5.75 Å². The Balaban J connectivity index is 1.73. The second kappa shape index (κ2) is 7.48. The molecular formula is C17H26ClNO2. The molecule has 0 aromatic heterocycles. The van der Waals surface area contributed by atoms with E-state index in [0.29, 0.717) is 28.8 Å². The topological polar surface area (TPSA) is 41.5 Å². The number of ether oxygens (including phenoxy) is 1. The Morgan fingerprint density at radius 3 is 2.95 bits per heavy atom. The molecule has 0 spiro atoms. The highest BCUT2D eigenvalue weighted by Crippen LogP contribution is 2.35. The summed E-state index contributed by atoms with van der Waals surface area (Å²) in [5.41, 5.74) is 0.311. The third kappa shape index (κ3) is 5.17. The number of aliphatic hydroxyl groups excluding tert-OH is 1. The number of hydrogen-bond donors (Lipinski definition) is 2. The van der Waals surface area contributed by atoms with Gasteiger partial charge in [0, 0.05) is 17.6 Å². The maximum absolute atomic E-state index is 10.1. The molecule has 0 bridgehead atoms. The first kappa shape index (κ1) is 16.6. The molecule has 1 aromatic rings. The molecule has 2 rings (SSSR count). The molecule has 1 aromatic carbocycles. The zero-order valence-electron chi connectivity index (χ0n) is 12.9. The zero-order chi connectivity index (χ0) is 15.3. The van der Waals surface area contributed by atoms with Crippen molar-refractivity contribution in [2.45, 2.75) is 51.7 Å². The Morgan fingerprint density at radius 2 is 2.24 bits per heavy atom. The van der Waals surface area contributed by atoms with Crippen LogP contribution in [0.2, 0.25) is 5.02 Å². The highest BCUT2D eigenvalue weighted by molar-refractivity contribution is 6.30. The summed E-state index contributed by atoms with van der Waals surface area (Å²) in [4.78, 5) is 0. The Morgan fingerprint density at radius 1 is 1.43 bits per heavy atom. The first-order valence-electron chi connectivity index (χ1n) is 7.77. The zero-order valence-corrected chi connectivity index (χ0v) is 13.7. The minimum Gasteiger partial charge on any atom is -0.491 e. The van der Waals surface area contributed by atoms with Crippen LogP contribution in [0.1, 0.15) is 39.5 Å². The van der Waals surface area contributed by atoms with Gasteiger partial charge in [0.25, 0.3) is 0 Å². The van der Waals surface area contributed by atoms with Crippen molar-refractivity contribution >= 4 is 11.6 Å². The largest absolute Gasteiger partial charge is 0.491 e. The molecule has 3 nitrogen and oxygen atoms in total. The number of nitrogens with one attached hydrogen (secondary N) is 1. The van der Waals surface area contributed by atoms with Gasteiger partial charge in [-0.3, -0.25) is 0 Å². The molecule has 2 atom stereocenters. The summed E-state index contributed by atoms with van der Waals surface area (Å²) in [6, 6.07) is 7.72. The molecule has 118 valence electrons. The van der Waals surface area contributed by atoms with Gasteiger partial charge in [0.2, 0.25) is 0 Å². The third-order valence-corrected chi connectivity index (χ3v) is 4.58. The van der Waals surface area contributed by atoms with E-state index in [-0.39, 0.29) is 6.61 Å². The molecule has 21 heavy (non-hydrogen) atoms. The fourth-order valence-electron chi connectivity index (χ4n) is 2.96. The van der Waals surface area contributed by atoms with Crippen molar-refractivity contribution in [2.24, 2.45) is 5.41 Å². The summed E-state index contributed by atoms with van der Waals surface area (Å²) in [5, 5.41) is 14.2. The summed E-state index contributed by atoms with van der Waals surface area (Å²) < 4.78 is 5.57. The summed E-state index contributed by atoms with van der Waals surface area (Å²) in [7, 11) is 0. The average molecular weight is 312 g/mol. The Bertz CT molecular complexity index is 450. The van der Waals surface area contributed by atoms with Crippen molar-refractivity contribution in [3.05, 3.63) is 29.3 Å². The molecule has 1 fully saturated rings. The van der Waals surface area contributed by atoms with E-state index in [4.69, 9.17) is 16.3 Å². The minimum absolute atomic E-state index is 0.278. The summed E-state index contributed by atoms with van der Waals surface area (Å²) in [6.45, 7) is 5.45. The van der Waals surface area contributed by atoms with Crippen LogP contribution < -0.4 is 10.1 Å². The monoisotopic (exact) mass is 311 g/mol. The maximum Gasteiger partial charge on any atom is 0.120 e. The number of hydrogen-bond acceptors (Lipinski definition) is 3. The first-order chi connectivity index (χ1) is 9.97. The number of rotatable bonds is 6. The maximum atomic E-state index is 10.1. The number of halogens is 1. The van der Waals surface area contributed by atoms with Crippen molar-refractivity contribution in [3.63, 3.8) is 0 Å². The van der Waals surface area contributed by atoms with Gasteiger partial charge in [-0.05, 0) is 36.5 Å². The molecule has 0 amide bonds. The average Bonchev–Trinajstić information content (AvgIpc) is 2.43. The van der Waals surface area contributed by atoms with Crippen LogP contribution in [-0.2, 0) is 0 Å². The van der Waals surface area contributed by atoms with Crippen molar-refractivity contribution in [2.75, 3.05) is 13.2 Å². The first-order valence-corrected chi connectivity index (χ1v) is 8.15. The quantitative estimate of drug-likeness (QED) is 0.843. The SMILES string of the molecule is CC1(C)CCCCC1NCC(O)COc1cccc(Cl)c1. The number of aliphatic hydroxyl groups is 1. The fourth-order valence-corrected chi connectivity index (χ4v) is 3.14. The molecule has 1 aliphatic carbocycles. The lowest BCUT2D eigenvalue weighted by Gasteiger charge is -2.39. The molecule has 0 heterocycles. The van der Waals surface area contributed by atoms with Crippen LogP contribution in [0.4, 0.5) is 0 Å². The summed E-state index contributed by atoms with van der Waals surface area (Å²) in [5.74, 6) is 0.694. The van der Waals surface area contributed by atoms with Gasteiger partial charge in [-0.15, -0.1) is 0 Å². The highest BCUT2D eigenvalue weighted by atomic mass is 35.5. The van der Waals surface area contributed by atoms with E-state index in [2.05, 4.69) is 19.2 Å². The molecule has 2 N–H and O–H groups in total. The van der Waals surface area contributed by atoms with Crippen molar-refractivity contribution in [1.29, 1.82) is 0 Å². The van der Waals surface area contributed by atoms with Gasteiger partial charge in [0.05, 0.1) is 0 Å². The predicted molar refractivity (Wildman–Crippen MR) is 87.0 cm³/mol. The summed E-state index contributed by atoms with van der Waals surface area (Å²) >= 11 is 5.90. The van der Waals surface area contributed by atoms with Gasteiger partial charge >= 0.3 is 0 Å². The van der Waals surface area contributed by atoms with E-state index in [1.54, 1.807) is 12.1 Å². The lowest BCUT2D eigenvalue weighted by atomic mass is 9.73. The van der Waals surface area contributed by atoms with E-state index >= 15 is 0 Å². The minimum atomic E-state index is -0.512. The summed E-state index contributed by atoms with van der Waals surface area (Å²) in [6.07, 6.45) is 4.51. The van der Waals surface area contributed by atoms with E-state index < -0.39 is 6.10 Å². The van der Waals surface area contributed by atoms with E-state index in [9.17, 15) is 5.11 Å². The molecule has 0 radical (unpaired) electrons.